The quantitative estimate of drug-likeness (QED) is 0.612. The van der Waals surface area contributed by atoms with Gasteiger partial charge in [-0.15, -0.1) is 6.42 Å². The molecule has 0 aliphatic rings. The summed E-state index contributed by atoms with van der Waals surface area (Å²) in [4.78, 5) is 7.90. The van der Waals surface area contributed by atoms with Crippen molar-refractivity contribution in [2.75, 3.05) is 12.8 Å². The molecule has 14 heavy (non-hydrogen) atoms. The van der Waals surface area contributed by atoms with Gasteiger partial charge in [0, 0.05) is 0 Å². The van der Waals surface area contributed by atoms with Crippen molar-refractivity contribution in [3.8, 4) is 18.2 Å². The van der Waals surface area contributed by atoms with E-state index in [1.165, 1.54) is 7.11 Å². The smallest absolute Gasteiger partial charge is 0.236 e. The van der Waals surface area contributed by atoms with E-state index in [9.17, 15) is 0 Å². The fraction of sp³-hybridized carbons (Fsp3) is 0.125. The number of nitrogens with one attached hydrogen (secondary N) is 1. The Morgan fingerprint density at radius 3 is 2.86 bits per heavy atom. The average molecular weight is 189 g/mol. The number of nitrogens with two attached hydrogens (primary N) is 1. The number of aromatic amines is 1. The molecule has 2 heterocycles. The molecule has 0 aliphatic heterocycles. The van der Waals surface area contributed by atoms with Gasteiger partial charge in [-0.1, -0.05) is 0 Å². The highest BCUT2D eigenvalue weighted by Crippen LogP contribution is 2.22. The van der Waals surface area contributed by atoms with Crippen LogP contribution in [-0.2, 0) is 0 Å². The van der Waals surface area contributed by atoms with Crippen LogP contribution in [0.3, 0.4) is 0 Å². The van der Waals surface area contributed by atoms with Crippen molar-refractivity contribution >= 4 is 16.9 Å². The largest absolute Gasteiger partial charge is 0.480 e. The normalized spacial score (nSPS) is 10.0. The van der Waals surface area contributed by atoms with Crippen molar-refractivity contribution in [3.63, 3.8) is 0 Å². The molecule has 3 N–H and O–H groups in total. The molecular weight excluding hydrogens is 182 g/mol. The molecule has 6 heteroatoms. The summed E-state index contributed by atoms with van der Waals surface area (Å²) in [6.07, 6.45) is 5.17. The Balaban J connectivity index is 2.82. The number of nitrogens with zero attached hydrogens (tertiary/aromatic N) is 3. The van der Waals surface area contributed by atoms with E-state index in [0.29, 0.717) is 16.9 Å². The van der Waals surface area contributed by atoms with Gasteiger partial charge in [0.05, 0.1) is 7.11 Å². The number of terminal acetylenes is 1. The van der Waals surface area contributed by atoms with Crippen LogP contribution in [0.5, 0.6) is 5.88 Å². The first-order valence-electron chi connectivity index (χ1n) is 3.78. The highest BCUT2D eigenvalue weighted by molar-refractivity contribution is 5.87. The van der Waals surface area contributed by atoms with Crippen LogP contribution in [0, 0.1) is 12.3 Å². The molecule has 6 nitrogen and oxygen atoms in total. The van der Waals surface area contributed by atoms with E-state index in [4.69, 9.17) is 16.9 Å². The van der Waals surface area contributed by atoms with Gasteiger partial charge in [-0.05, 0) is 5.92 Å². The van der Waals surface area contributed by atoms with Crippen LogP contribution in [0.1, 0.15) is 5.82 Å². The molecule has 0 saturated heterocycles. The van der Waals surface area contributed by atoms with Gasteiger partial charge >= 0.3 is 0 Å². The first-order valence-corrected chi connectivity index (χ1v) is 3.78. The van der Waals surface area contributed by atoms with E-state index in [-0.39, 0.29) is 11.6 Å². The van der Waals surface area contributed by atoms with Crippen LogP contribution in [-0.4, -0.2) is 27.3 Å². The topological polar surface area (TPSA) is 89.7 Å². The summed E-state index contributed by atoms with van der Waals surface area (Å²) >= 11 is 0. The molecule has 2 aromatic rings. The third-order valence-electron chi connectivity index (χ3n) is 1.73. The van der Waals surface area contributed by atoms with Gasteiger partial charge in [-0.25, -0.2) is 15.1 Å². The number of aromatic nitrogens is 4. The summed E-state index contributed by atoms with van der Waals surface area (Å²) < 4.78 is 4.99. The number of H-pyrrole nitrogens is 1. The van der Waals surface area contributed by atoms with Crippen LogP contribution in [0.25, 0.3) is 11.0 Å². The molecule has 0 bridgehead atoms. The Bertz CT molecular complexity index is 524. The Labute approximate surface area is 79.5 Å². The SMILES string of the molecule is C#Cc1nc(N)c2n[nH]c(OC)c2n1. The molecule has 0 unspecified atom stereocenters. The zero-order valence-corrected chi connectivity index (χ0v) is 7.40. The van der Waals surface area contributed by atoms with Gasteiger partial charge in [0.1, 0.15) is 0 Å². The molecule has 0 amide bonds. The highest BCUT2D eigenvalue weighted by atomic mass is 16.5. The first-order chi connectivity index (χ1) is 6.76. The van der Waals surface area contributed by atoms with Gasteiger partial charge in [0.2, 0.25) is 11.7 Å². The van der Waals surface area contributed by atoms with Crippen molar-refractivity contribution < 1.29 is 4.74 Å². The fourth-order valence-corrected chi connectivity index (χ4v) is 1.11. The summed E-state index contributed by atoms with van der Waals surface area (Å²) in [5.41, 5.74) is 6.57. The predicted molar refractivity (Wildman–Crippen MR) is 50.6 cm³/mol. The number of methoxy groups -OCH3 is 1. The van der Waals surface area contributed by atoms with E-state index in [1.54, 1.807) is 0 Å². The molecule has 0 atom stereocenters. The van der Waals surface area contributed by atoms with E-state index < -0.39 is 0 Å². The Morgan fingerprint density at radius 1 is 1.43 bits per heavy atom. The van der Waals surface area contributed by atoms with Crippen LogP contribution in [0.2, 0.25) is 0 Å². The molecular formula is C8H7N5O. The van der Waals surface area contributed by atoms with E-state index in [1.807, 2.05) is 0 Å². The van der Waals surface area contributed by atoms with Gasteiger partial charge in [-0.2, -0.15) is 5.10 Å². The number of fused-ring (bicyclic) bond motifs is 1. The van der Waals surface area contributed by atoms with Crippen LogP contribution in [0.4, 0.5) is 5.82 Å². The minimum Gasteiger partial charge on any atom is -0.480 e. The summed E-state index contributed by atoms with van der Waals surface area (Å²) in [5, 5.41) is 6.53. The number of ether oxygens (including phenoxy) is 1. The monoisotopic (exact) mass is 189 g/mol. The number of rotatable bonds is 1. The summed E-state index contributed by atoms with van der Waals surface area (Å²) in [5.74, 6) is 3.18. The Morgan fingerprint density at radius 2 is 2.21 bits per heavy atom. The standard InChI is InChI=1S/C8H7N5O/c1-3-4-10-6-5(7(9)11-4)12-13-8(6)14-2/h1H,2H3,(H,12,13)(H2,9,10,11). The lowest BCUT2D eigenvalue weighted by molar-refractivity contribution is 0.400. The van der Waals surface area contributed by atoms with Crippen molar-refractivity contribution in [1.29, 1.82) is 0 Å². The minimum atomic E-state index is 0.217. The summed E-state index contributed by atoms with van der Waals surface area (Å²) in [6, 6.07) is 0. The van der Waals surface area contributed by atoms with Crippen molar-refractivity contribution in [2.45, 2.75) is 0 Å². The first kappa shape index (κ1) is 8.31. The second kappa shape index (κ2) is 2.88. The maximum Gasteiger partial charge on any atom is 0.236 e. The number of hydrogen-bond acceptors (Lipinski definition) is 5. The Hall–Kier alpha value is -2.29. The lowest BCUT2D eigenvalue weighted by Crippen LogP contribution is -1.97. The van der Waals surface area contributed by atoms with Crippen molar-refractivity contribution in [1.82, 2.24) is 20.2 Å². The van der Waals surface area contributed by atoms with Crippen molar-refractivity contribution in [2.24, 2.45) is 0 Å². The summed E-state index contributed by atoms with van der Waals surface area (Å²) in [7, 11) is 1.50. The number of hydrogen-bond donors (Lipinski definition) is 2. The lowest BCUT2D eigenvalue weighted by Gasteiger charge is -1.96. The Kier molecular flexibility index (Phi) is 1.71. The third kappa shape index (κ3) is 1.03. The van der Waals surface area contributed by atoms with E-state index in [2.05, 4.69) is 26.1 Å². The van der Waals surface area contributed by atoms with Crippen LogP contribution < -0.4 is 10.5 Å². The zero-order chi connectivity index (χ0) is 10.1. The molecule has 0 saturated carbocycles. The summed E-state index contributed by atoms with van der Waals surface area (Å²) in [6.45, 7) is 0. The molecule has 0 aromatic carbocycles. The fourth-order valence-electron chi connectivity index (χ4n) is 1.11. The third-order valence-corrected chi connectivity index (χ3v) is 1.73. The predicted octanol–water partition coefficient (Wildman–Crippen LogP) is -0.0750. The van der Waals surface area contributed by atoms with Gasteiger partial charge in [0.15, 0.2) is 16.9 Å². The average Bonchev–Trinajstić information content (AvgIpc) is 2.61. The maximum atomic E-state index is 5.62. The molecule has 2 rings (SSSR count). The number of anilines is 1. The second-order valence-electron chi connectivity index (χ2n) is 2.53. The van der Waals surface area contributed by atoms with Crippen molar-refractivity contribution in [3.05, 3.63) is 5.82 Å². The minimum absolute atomic E-state index is 0.217. The van der Waals surface area contributed by atoms with Crippen LogP contribution >= 0.6 is 0 Å². The van der Waals surface area contributed by atoms with E-state index >= 15 is 0 Å². The number of nitrogen functional groups attached to an aromatic ring is 1. The molecule has 0 fully saturated rings. The molecule has 0 aliphatic carbocycles. The second-order valence-corrected chi connectivity index (χ2v) is 2.53. The van der Waals surface area contributed by atoms with Gasteiger partial charge in [-0.3, -0.25) is 0 Å². The van der Waals surface area contributed by atoms with Gasteiger partial charge < -0.3 is 10.5 Å². The molecule has 2 aromatic heterocycles. The maximum absolute atomic E-state index is 5.62. The molecule has 0 radical (unpaired) electrons. The van der Waals surface area contributed by atoms with Gasteiger partial charge in [0.25, 0.3) is 0 Å². The lowest BCUT2D eigenvalue weighted by atomic mass is 10.4. The van der Waals surface area contributed by atoms with Crippen LogP contribution in [0.15, 0.2) is 0 Å². The molecule has 0 spiro atoms. The molecule has 70 valence electrons. The van der Waals surface area contributed by atoms with E-state index in [0.717, 1.165) is 0 Å². The zero-order valence-electron chi connectivity index (χ0n) is 7.40. The highest BCUT2D eigenvalue weighted by Gasteiger charge is 2.11.